The molecule has 0 bridgehead atoms. The van der Waals surface area contributed by atoms with Crippen molar-refractivity contribution >= 4 is 5.97 Å². The third kappa shape index (κ3) is 1.52. The minimum atomic E-state index is -1.08. The van der Waals surface area contributed by atoms with Gasteiger partial charge in [-0.25, -0.2) is 0 Å². The molecule has 0 saturated heterocycles. The van der Waals surface area contributed by atoms with E-state index in [1.165, 1.54) is 0 Å². The van der Waals surface area contributed by atoms with E-state index in [0.29, 0.717) is 12.8 Å². The average molecular weight is 159 g/mol. The molecule has 4 nitrogen and oxygen atoms in total. The third-order valence-corrected chi connectivity index (χ3v) is 2.34. The van der Waals surface area contributed by atoms with Gasteiger partial charge in [-0.1, -0.05) is 0 Å². The van der Waals surface area contributed by atoms with Crippen LogP contribution in [0.25, 0.3) is 0 Å². The van der Waals surface area contributed by atoms with E-state index in [4.69, 9.17) is 15.9 Å². The first kappa shape index (κ1) is 8.49. The zero-order chi connectivity index (χ0) is 8.48. The van der Waals surface area contributed by atoms with E-state index in [2.05, 4.69) is 0 Å². The van der Waals surface area contributed by atoms with Gasteiger partial charge < -0.3 is 15.9 Å². The van der Waals surface area contributed by atoms with Crippen molar-refractivity contribution in [3.05, 3.63) is 0 Å². The fourth-order valence-corrected chi connectivity index (χ4v) is 1.53. The van der Waals surface area contributed by atoms with Gasteiger partial charge in [0.15, 0.2) is 0 Å². The van der Waals surface area contributed by atoms with E-state index in [-0.39, 0.29) is 12.5 Å². The summed E-state index contributed by atoms with van der Waals surface area (Å²) >= 11 is 0. The Morgan fingerprint density at radius 1 is 1.73 bits per heavy atom. The number of aliphatic hydroxyl groups is 1. The van der Waals surface area contributed by atoms with Crippen molar-refractivity contribution in [3.63, 3.8) is 0 Å². The third-order valence-electron chi connectivity index (χ3n) is 2.34. The van der Waals surface area contributed by atoms with Gasteiger partial charge in [-0.2, -0.15) is 0 Å². The molecule has 0 aromatic heterocycles. The number of aliphatic hydroxyl groups excluding tert-OH is 1. The highest BCUT2D eigenvalue weighted by molar-refractivity contribution is 5.78. The molecule has 2 atom stereocenters. The number of carboxylic acid groups (broad SMARTS) is 1. The van der Waals surface area contributed by atoms with Crippen molar-refractivity contribution in [2.75, 3.05) is 6.61 Å². The number of carbonyl (C=O) groups is 1. The summed E-state index contributed by atoms with van der Waals surface area (Å²) in [5, 5.41) is 17.4. The molecule has 0 aliphatic heterocycles. The second-order valence-electron chi connectivity index (χ2n) is 3.25. The Morgan fingerprint density at radius 2 is 2.36 bits per heavy atom. The summed E-state index contributed by atoms with van der Waals surface area (Å²) in [6.45, 7) is 0.0478. The molecule has 0 aromatic carbocycles. The number of rotatable bonds is 2. The molecule has 1 fully saturated rings. The largest absolute Gasteiger partial charge is 0.480 e. The highest BCUT2D eigenvalue weighted by atomic mass is 16.4. The molecule has 1 saturated carbocycles. The van der Waals surface area contributed by atoms with Gasteiger partial charge in [0.25, 0.3) is 0 Å². The fraction of sp³-hybridized carbons (Fsp3) is 0.857. The lowest BCUT2D eigenvalue weighted by molar-refractivity contribution is -0.143. The van der Waals surface area contributed by atoms with E-state index in [1.807, 2.05) is 0 Å². The van der Waals surface area contributed by atoms with Crippen LogP contribution < -0.4 is 5.73 Å². The molecule has 4 N–H and O–H groups in total. The van der Waals surface area contributed by atoms with Gasteiger partial charge in [-0.15, -0.1) is 0 Å². The predicted molar refractivity (Wildman–Crippen MR) is 39.0 cm³/mol. The smallest absolute Gasteiger partial charge is 0.323 e. The minimum absolute atomic E-state index is 0.0478. The zero-order valence-corrected chi connectivity index (χ0v) is 6.29. The van der Waals surface area contributed by atoms with E-state index in [1.54, 1.807) is 0 Å². The zero-order valence-electron chi connectivity index (χ0n) is 6.29. The Labute approximate surface area is 65.0 Å². The van der Waals surface area contributed by atoms with E-state index < -0.39 is 11.5 Å². The first-order valence-corrected chi connectivity index (χ1v) is 3.71. The van der Waals surface area contributed by atoms with Crippen LogP contribution in [0.2, 0.25) is 0 Å². The second kappa shape index (κ2) is 2.79. The van der Waals surface area contributed by atoms with Crippen LogP contribution in [0.5, 0.6) is 0 Å². The van der Waals surface area contributed by atoms with Crippen molar-refractivity contribution < 1.29 is 15.0 Å². The Kier molecular flexibility index (Phi) is 2.15. The average Bonchev–Trinajstić information content (AvgIpc) is 2.33. The van der Waals surface area contributed by atoms with E-state index in [0.717, 1.165) is 6.42 Å². The highest BCUT2D eigenvalue weighted by Gasteiger charge is 2.41. The maximum atomic E-state index is 10.6. The van der Waals surface area contributed by atoms with Crippen LogP contribution in [0.15, 0.2) is 0 Å². The Balaban J connectivity index is 2.57. The maximum Gasteiger partial charge on any atom is 0.323 e. The van der Waals surface area contributed by atoms with Gasteiger partial charge in [-0.3, -0.25) is 4.79 Å². The first-order chi connectivity index (χ1) is 5.08. The lowest BCUT2D eigenvalue weighted by Gasteiger charge is -2.17. The standard InChI is InChI=1S/C7H13NO3/c8-7(6(10)11)2-1-5(3-7)4-9/h5,9H,1-4,8H2,(H,10,11)/t5-,7+/m1/s1. The van der Waals surface area contributed by atoms with Gasteiger partial charge >= 0.3 is 5.97 Å². The highest BCUT2D eigenvalue weighted by Crippen LogP contribution is 2.32. The monoisotopic (exact) mass is 159 g/mol. The molecule has 0 spiro atoms. The molecule has 0 radical (unpaired) electrons. The van der Waals surface area contributed by atoms with Gasteiger partial charge in [0.1, 0.15) is 5.54 Å². The maximum absolute atomic E-state index is 10.6. The van der Waals surface area contributed by atoms with Crippen LogP contribution in [0, 0.1) is 5.92 Å². The topological polar surface area (TPSA) is 83.6 Å². The molecule has 4 heteroatoms. The summed E-state index contributed by atoms with van der Waals surface area (Å²) < 4.78 is 0. The summed E-state index contributed by atoms with van der Waals surface area (Å²) in [4.78, 5) is 10.6. The SMILES string of the molecule is N[C@@]1(C(=O)O)CC[C@@H](CO)C1. The fourth-order valence-electron chi connectivity index (χ4n) is 1.53. The van der Waals surface area contributed by atoms with Gasteiger partial charge in [0.05, 0.1) is 0 Å². The van der Waals surface area contributed by atoms with Gasteiger partial charge in [0, 0.05) is 6.61 Å². The summed E-state index contributed by atoms with van der Waals surface area (Å²) in [5.74, 6) is -0.871. The van der Waals surface area contributed by atoms with Crippen LogP contribution >= 0.6 is 0 Å². The quantitative estimate of drug-likeness (QED) is 0.510. The number of hydrogen-bond acceptors (Lipinski definition) is 3. The van der Waals surface area contributed by atoms with Crippen LogP contribution in [0.4, 0.5) is 0 Å². The molecule has 0 unspecified atom stereocenters. The van der Waals surface area contributed by atoms with Crippen molar-refractivity contribution in [1.29, 1.82) is 0 Å². The molecule has 0 amide bonds. The molecular formula is C7H13NO3. The van der Waals surface area contributed by atoms with Crippen LogP contribution in [0.1, 0.15) is 19.3 Å². The van der Waals surface area contributed by atoms with Gasteiger partial charge in [-0.05, 0) is 25.2 Å². The molecule has 1 aliphatic rings. The molecule has 64 valence electrons. The van der Waals surface area contributed by atoms with E-state index >= 15 is 0 Å². The van der Waals surface area contributed by atoms with Crippen molar-refractivity contribution in [2.24, 2.45) is 11.7 Å². The summed E-state index contributed by atoms with van der Waals surface area (Å²) in [7, 11) is 0. The minimum Gasteiger partial charge on any atom is -0.480 e. The predicted octanol–water partition coefficient (Wildman–Crippen LogP) is -0.439. The molecule has 0 heterocycles. The normalized spacial score (nSPS) is 37.5. The Bertz CT molecular complexity index is 171. The lowest BCUT2D eigenvalue weighted by atomic mass is 9.98. The Morgan fingerprint density at radius 3 is 2.64 bits per heavy atom. The summed E-state index contributed by atoms with van der Waals surface area (Å²) in [6, 6.07) is 0. The first-order valence-electron chi connectivity index (χ1n) is 3.71. The summed E-state index contributed by atoms with van der Waals surface area (Å²) in [6.07, 6.45) is 1.60. The summed E-state index contributed by atoms with van der Waals surface area (Å²) in [5.41, 5.74) is 4.48. The van der Waals surface area contributed by atoms with Crippen molar-refractivity contribution in [3.8, 4) is 0 Å². The van der Waals surface area contributed by atoms with E-state index in [9.17, 15) is 4.79 Å². The number of nitrogens with two attached hydrogens (primary N) is 1. The van der Waals surface area contributed by atoms with Crippen LogP contribution in [-0.4, -0.2) is 28.3 Å². The number of aliphatic carboxylic acids is 1. The molecule has 11 heavy (non-hydrogen) atoms. The molecular weight excluding hydrogens is 146 g/mol. The Hall–Kier alpha value is -0.610. The van der Waals surface area contributed by atoms with Crippen molar-refractivity contribution in [2.45, 2.75) is 24.8 Å². The molecule has 1 rings (SSSR count). The molecule has 1 aliphatic carbocycles. The van der Waals surface area contributed by atoms with Crippen LogP contribution in [-0.2, 0) is 4.79 Å². The number of carboxylic acids is 1. The second-order valence-corrected chi connectivity index (χ2v) is 3.25. The van der Waals surface area contributed by atoms with Crippen LogP contribution in [0.3, 0.4) is 0 Å². The number of hydrogen-bond donors (Lipinski definition) is 3. The van der Waals surface area contributed by atoms with Gasteiger partial charge in [0.2, 0.25) is 0 Å². The lowest BCUT2D eigenvalue weighted by Crippen LogP contribution is -2.45. The van der Waals surface area contributed by atoms with Crippen molar-refractivity contribution in [1.82, 2.24) is 0 Å². The molecule has 0 aromatic rings.